The topological polar surface area (TPSA) is 80.4 Å². The van der Waals surface area contributed by atoms with Crippen LogP contribution in [0, 0.1) is 0 Å². The molecule has 0 bridgehead atoms. The van der Waals surface area contributed by atoms with E-state index in [9.17, 15) is 9.59 Å². The van der Waals surface area contributed by atoms with Crippen molar-refractivity contribution in [3.63, 3.8) is 0 Å². The first-order chi connectivity index (χ1) is 8.33. The smallest absolute Gasteiger partial charge is 0.412 e. The molecule has 0 saturated carbocycles. The third-order valence-corrected chi connectivity index (χ3v) is 1.88. The van der Waals surface area contributed by atoms with E-state index in [0.29, 0.717) is 5.69 Å². The quantitative estimate of drug-likeness (QED) is 0.812. The lowest BCUT2D eigenvalue weighted by atomic mass is 10.2. The number of hydrogen-bond acceptors (Lipinski definition) is 4. The standard InChI is InChI=1S/C12H18N2O4/c1-5-17-10(15)8-6-13-7-9(8)14-11(16)18-12(2,3)4/h6-7,13H,5H2,1-4H3,(H,14,16). The molecule has 0 aliphatic rings. The molecule has 1 aromatic rings. The number of nitrogens with one attached hydrogen (secondary N) is 2. The van der Waals surface area contributed by atoms with E-state index >= 15 is 0 Å². The Balaban J connectivity index is 2.71. The second kappa shape index (κ2) is 5.57. The van der Waals surface area contributed by atoms with E-state index in [-0.39, 0.29) is 12.2 Å². The van der Waals surface area contributed by atoms with Crippen molar-refractivity contribution in [3.05, 3.63) is 18.0 Å². The van der Waals surface area contributed by atoms with Crippen LogP contribution in [0.15, 0.2) is 12.4 Å². The summed E-state index contributed by atoms with van der Waals surface area (Å²) < 4.78 is 9.95. The lowest BCUT2D eigenvalue weighted by molar-refractivity contribution is 0.0528. The van der Waals surface area contributed by atoms with Crippen molar-refractivity contribution in [1.82, 2.24) is 4.98 Å². The van der Waals surface area contributed by atoms with Crippen LogP contribution in [0.1, 0.15) is 38.1 Å². The molecule has 1 heterocycles. The molecular weight excluding hydrogens is 236 g/mol. The van der Waals surface area contributed by atoms with Crippen LogP contribution in [0.5, 0.6) is 0 Å². The number of rotatable bonds is 3. The number of amides is 1. The van der Waals surface area contributed by atoms with E-state index < -0.39 is 17.7 Å². The van der Waals surface area contributed by atoms with Crippen LogP contribution in [0.3, 0.4) is 0 Å². The Labute approximate surface area is 106 Å². The summed E-state index contributed by atoms with van der Waals surface area (Å²) in [6, 6.07) is 0. The fraction of sp³-hybridized carbons (Fsp3) is 0.500. The van der Waals surface area contributed by atoms with Gasteiger partial charge in [-0.05, 0) is 27.7 Å². The maximum absolute atomic E-state index is 11.6. The summed E-state index contributed by atoms with van der Waals surface area (Å²) in [4.78, 5) is 25.9. The highest BCUT2D eigenvalue weighted by atomic mass is 16.6. The number of carbonyl (C=O) groups is 2. The lowest BCUT2D eigenvalue weighted by Gasteiger charge is -2.19. The average Bonchev–Trinajstić information content (AvgIpc) is 2.62. The second-order valence-electron chi connectivity index (χ2n) is 4.63. The molecular formula is C12H18N2O4. The molecule has 18 heavy (non-hydrogen) atoms. The number of esters is 1. The van der Waals surface area contributed by atoms with Crippen molar-refractivity contribution in [1.29, 1.82) is 0 Å². The minimum absolute atomic E-state index is 0.266. The highest BCUT2D eigenvalue weighted by Gasteiger charge is 2.19. The van der Waals surface area contributed by atoms with E-state index in [0.717, 1.165) is 0 Å². The number of carbonyl (C=O) groups excluding carboxylic acids is 2. The van der Waals surface area contributed by atoms with Crippen LogP contribution < -0.4 is 5.32 Å². The third kappa shape index (κ3) is 4.12. The molecule has 1 rings (SSSR count). The van der Waals surface area contributed by atoms with Crippen molar-refractivity contribution >= 4 is 17.7 Å². The van der Waals surface area contributed by atoms with Crippen molar-refractivity contribution < 1.29 is 19.1 Å². The monoisotopic (exact) mass is 254 g/mol. The Morgan fingerprint density at radius 2 is 2.00 bits per heavy atom. The van der Waals surface area contributed by atoms with Gasteiger partial charge in [0.25, 0.3) is 0 Å². The molecule has 0 radical (unpaired) electrons. The van der Waals surface area contributed by atoms with Gasteiger partial charge in [-0.3, -0.25) is 5.32 Å². The predicted octanol–water partition coefficient (Wildman–Crippen LogP) is 2.54. The Kier molecular flexibility index (Phi) is 4.36. The van der Waals surface area contributed by atoms with Crippen molar-refractivity contribution in [2.24, 2.45) is 0 Å². The van der Waals surface area contributed by atoms with Crippen molar-refractivity contribution in [3.8, 4) is 0 Å². The van der Waals surface area contributed by atoms with Crippen LogP contribution >= 0.6 is 0 Å². The predicted molar refractivity (Wildman–Crippen MR) is 66.6 cm³/mol. The molecule has 1 amide bonds. The molecule has 0 saturated heterocycles. The molecule has 0 atom stereocenters. The normalized spacial score (nSPS) is 10.9. The zero-order chi connectivity index (χ0) is 13.8. The van der Waals surface area contributed by atoms with Gasteiger partial charge < -0.3 is 14.5 Å². The fourth-order valence-corrected chi connectivity index (χ4v) is 1.26. The maximum Gasteiger partial charge on any atom is 0.412 e. The Morgan fingerprint density at radius 3 is 2.56 bits per heavy atom. The van der Waals surface area contributed by atoms with Crippen LogP contribution in [-0.4, -0.2) is 29.3 Å². The molecule has 6 nitrogen and oxygen atoms in total. The van der Waals surface area contributed by atoms with Gasteiger partial charge in [-0.15, -0.1) is 0 Å². The van der Waals surface area contributed by atoms with Crippen LogP contribution in [0.25, 0.3) is 0 Å². The number of H-pyrrole nitrogens is 1. The van der Waals surface area contributed by atoms with E-state index in [1.165, 1.54) is 12.4 Å². The van der Waals surface area contributed by atoms with Gasteiger partial charge in [0.2, 0.25) is 0 Å². The largest absolute Gasteiger partial charge is 0.462 e. The summed E-state index contributed by atoms with van der Waals surface area (Å²) in [5, 5.41) is 2.49. The first-order valence-corrected chi connectivity index (χ1v) is 5.67. The van der Waals surface area contributed by atoms with Gasteiger partial charge in [0.15, 0.2) is 0 Å². The third-order valence-electron chi connectivity index (χ3n) is 1.88. The van der Waals surface area contributed by atoms with Gasteiger partial charge >= 0.3 is 12.1 Å². The zero-order valence-corrected chi connectivity index (χ0v) is 11.0. The number of aromatic nitrogens is 1. The molecule has 0 fully saturated rings. The lowest BCUT2D eigenvalue weighted by Crippen LogP contribution is -2.27. The maximum atomic E-state index is 11.6. The minimum Gasteiger partial charge on any atom is -0.462 e. The molecule has 100 valence electrons. The first-order valence-electron chi connectivity index (χ1n) is 5.67. The summed E-state index contributed by atoms with van der Waals surface area (Å²) in [6.07, 6.45) is 2.34. The molecule has 0 spiro atoms. The number of ether oxygens (including phenoxy) is 2. The minimum atomic E-state index is -0.618. The Bertz CT molecular complexity index is 432. The van der Waals surface area contributed by atoms with Gasteiger partial charge in [0.05, 0.1) is 12.3 Å². The molecule has 0 aliphatic heterocycles. The van der Waals surface area contributed by atoms with E-state index in [1.807, 2.05) is 0 Å². The first kappa shape index (κ1) is 14.1. The van der Waals surface area contributed by atoms with E-state index in [2.05, 4.69) is 10.3 Å². The molecule has 1 aromatic heterocycles. The Morgan fingerprint density at radius 1 is 1.33 bits per heavy atom. The Hall–Kier alpha value is -1.98. The summed E-state index contributed by atoms with van der Waals surface area (Å²) in [5.74, 6) is -0.496. The summed E-state index contributed by atoms with van der Waals surface area (Å²) in [6.45, 7) is 7.27. The molecule has 6 heteroatoms. The highest BCUT2D eigenvalue weighted by Crippen LogP contribution is 2.17. The molecule has 0 unspecified atom stereocenters. The number of anilines is 1. The van der Waals surface area contributed by atoms with Crippen molar-refractivity contribution in [2.45, 2.75) is 33.3 Å². The van der Waals surface area contributed by atoms with Crippen LogP contribution in [0.4, 0.5) is 10.5 Å². The van der Waals surface area contributed by atoms with Gasteiger partial charge in [-0.25, -0.2) is 9.59 Å². The molecule has 2 N–H and O–H groups in total. The number of hydrogen-bond donors (Lipinski definition) is 2. The average molecular weight is 254 g/mol. The van der Waals surface area contributed by atoms with Crippen LogP contribution in [-0.2, 0) is 9.47 Å². The van der Waals surface area contributed by atoms with Gasteiger partial charge in [-0.2, -0.15) is 0 Å². The van der Waals surface area contributed by atoms with Crippen molar-refractivity contribution in [2.75, 3.05) is 11.9 Å². The summed E-state index contributed by atoms with van der Waals surface area (Å²) in [5.41, 5.74) is 0.00945. The summed E-state index contributed by atoms with van der Waals surface area (Å²) in [7, 11) is 0. The van der Waals surface area contributed by atoms with Gasteiger partial charge in [-0.1, -0.05) is 0 Å². The SMILES string of the molecule is CCOC(=O)c1c[nH]cc1NC(=O)OC(C)(C)C. The highest BCUT2D eigenvalue weighted by molar-refractivity contribution is 5.99. The second-order valence-corrected chi connectivity index (χ2v) is 4.63. The molecule has 0 aliphatic carbocycles. The van der Waals surface area contributed by atoms with E-state index in [4.69, 9.17) is 9.47 Å². The van der Waals surface area contributed by atoms with Gasteiger partial charge in [0, 0.05) is 12.4 Å². The zero-order valence-electron chi connectivity index (χ0n) is 11.0. The fourth-order valence-electron chi connectivity index (χ4n) is 1.26. The van der Waals surface area contributed by atoms with E-state index in [1.54, 1.807) is 27.7 Å². The summed E-state index contributed by atoms with van der Waals surface area (Å²) >= 11 is 0. The van der Waals surface area contributed by atoms with Crippen LogP contribution in [0.2, 0.25) is 0 Å². The van der Waals surface area contributed by atoms with Gasteiger partial charge in [0.1, 0.15) is 11.2 Å². The number of aromatic amines is 1. The molecule has 0 aromatic carbocycles.